The Labute approximate surface area is 77.5 Å². The maximum Gasteiger partial charge on any atom is 0.0638 e. The molecule has 0 aliphatic carbocycles. The van der Waals surface area contributed by atoms with E-state index in [1.807, 2.05) is 19.1 Å². The molecular formula is C9H13ClN2. The van der Waals surface area contributed by atoms with Gasteiger partial charge in [0.2, 0.25) is 0 Å². The highest BCUT2D eigenvalue weighted by Gasteiger charge is 2.08. The predicted molar refractivity (Wildman–Crippen MR) is 53.1 cm³/mol. The molecule has 1 aromatic carbocycles. The lowest BCUT2D eigenvalue weighted by Crippen LogP contribution is -2.11. The number of hydrogen-bond donors (Lipinski definition) is 2. The average molecular weight is 185 g/mol. The first-order chi connectivity index (χ1) is 5.66. The van der Waals surface area contributed by atoms with E-state index in [0.717, 1.165) is 12.0 Å². The van der Waals surface area contributed by atoms with Crippen molar-refractivity contribution < 1.29 is 0 Å². The summed E-state index contributed by atoms with van der Waals surface area (Å²) in [6, 6.07) is 5.53. The number of para-hydroxylation sites is 1. The molecule has 0 heterocycles. The van der Waals surface area contributed by atoms with E-state index >= 15 is 0 Å². The van der Waals surface area contributed by atoms with Crippen LogP contribution in [0.2, 0.25) is 5.02 Å². The van der Waals surface area contributed by atoms with E-state index in [-0.39, 0.29) is 6.04 Å². The molecule has 0 radical (unpaired) electrons. The summed E-state index contributed by atoms with van der Waals surface area (Å²) in [6.07, 6.45) is 0.866. The normalized spacial score (nSPS) is 12.9. The number of hydrogen-bond acceptors (Lipinski definition) is 2. The molecular weight excluding hydrogens is 172 g/mol. The summed E-state index contributed by atoms with van der Waals surface area (Å²) in [7, 11) is 0. The van der Waals surface area contributed by atoms with Crippen molar-refractivity contribution in [2.24, 2.45) is 5.73 Å². The highest BCUT2D eigenvalue weighted by Crippen LogP contribution is 2.27. The van der Waals surface area contributed by atoms with Crippen molar-refractivity contribution in [1.29, 1.82) is 0 Å². The summed E-state index contributed by atoms with van der Waals surface area (Å²) < 4.78 is 0. The Morgan fingerprint density at radius 1 is 1.50 bits per heavy atom. The van der Waals surface area contributed by atoms with Crippen LogP contribution < -0.4 is 11.5 Å². The van der Waals surface area contributed by atoms with Crippen LogP contribution in [0.4, 0.5) is 5.69 Å². The van der Waals surface area contributed by atoms with Crippen LogP contribution in [0.15, 0.2) is 18.2 Å². The van der Waals surface area contributed by atoms with Gasteiger partial charge in [0.15, 0.2) is 0 Å². The Kier molecular flexibility index (Phi) is 2.95. The van der Waals surface area contributed by atoms with Gasteiger partial charge >= 0.3 is 0 Å². The Morgan fingerprint density at radius 2 is 2.17 bits per heavy atom. The van der Waals surface area contributed by atoms with Crippen molar-refractivity contribution in [1.82, 2.24) is 0 Å². The average Bonchev–Trinajstić information content (AvgIpc) is 2.08. The molecule has 0 spiro atoms. The molecule has 1 unspecified atom stereocenters. The highest BCUT2D eigenvalue weighted by atomic mass is 35.5. The van der Waals surface area contributed by atoms with Crippen molar-refractivity contribution in [3.63, 3.8) is 0 Å². The fourth-order valence-electron chi connectivity index (χ4n) is 1.10. The second-order valence-electron chi connectivity index (χ2n) is 2.76. The number of anilines is 1. The Morgan fingerprint density at radius 3 is 2.75 bits per heavy atom. The molecule has 2 nitrogen and oxygen atoms in total. The summed E-state index contributed by atoms with van der Waals surface area (Å²) in [5.74, 6) is 0. The quantitative estimate of drug-likeness (QED) is 0.694. The van der Waals surface area contributed by atoms with Crippen LogP contribution >= 0.6 is 11.6 Å². The summed E-state index contributed by atoms with van der Waals surface area (Å²) >= 11 is 5.83. The SMILES string of the molecule is CCC(N)c1cccc(Cl)c1N. The zero-order valence-corrected chi connectivity index (χ0v) is 7.81. The molecule has 4 N–H and O–H groups in total. The van der Waals surface area contributed by atoms with Gasteiger partial charge in [-0.15, -0.1) is 0 Å². The minimum Gasteiger partial charge on any atom is -0.397 e. The van der Waals surface area contributed by atoms with E-state index in [0.29, 0.717) is 10.7 Å². The summed E-state index contributed by atoms with van der Waals surface area (Å²) in [5.41, 5.74) is 13.1. The van der Waals surface area contributed by atoms with E-state index < -0.39 is 0 Å². The number of benzene rings is 1. The minimum atomic E-state index is -0.0105. The van der Waals surface area contributed by atoms with Crippen LogP contribution in [0.3, 0.4) is 0 Å². The topological polar surface area (TPSA) is 52.0 Å². The van der Waals surface area contributed by atoms with Gasteiger partial charge in [0.1, 0.15) is 0 Å². The predicted octanol–water partition coefficient (Wildman–Crippen LogP) is 2.33. The maximum atomic E-state index is 5.83. The molecule has 1 atom stereocenters. The minimum absolute atomic E-state index is 0.0105. The number of nitrogens with two attached hydrogens (primary N) is 2. The molecule has 66 valence electrons. The first-order valence-electron chi connectivity index (χ1n) is 3.96. The Bertz CT molecular complexity index is 273. The molecule has 12 heavy (non-hydrogen) atoms. The lowest BCUT2D eigenvalue weighted by molar-refractivity contribution is 0.701. The van der Waals surface area contributed by atoms with Crippen molar-refractivity contribution in [3.8, 4) is 0 Å². The number of rotatable bonds is 2. The fraction of sp³-hybridized carbons (Fsp3) is 0.333. The van der Waals surface area contributed by atoms with E-state index in [2.05, 4.69) is 0 Å². The van der Waals surface area contributed by atoms with Crippen LogP contribution in [0.1, 0.15) is 24.9 Å². The monoisotopic (exact) mass is 184 g/mol. The molecule has 0 saturated heterocycles. The molecule has 0 bridgehead atoms. The Hall–Kier alpha value is -0.730. The second-order valence-corrected chi connectivity index (χ2v) is 3.16. The van der Waals surface area contributed by atoms with E-state index in [1.165, 1.54) is 0 Å². The molecule has 0 aromatic heterocycles. The van der Waals surface area contributed by atoms with Crippen molar-refractivity contribution in [2.75, 3.05) is 5.73 Å². The first kappa shape index (κ1) is 9.36. The lowest BCUT2D eigenvalue weighted by Gasteiger charge is -2.12. The molecule has 0 amide bonds. The van der Waals surface area contributed by atoms with Gasteiger partial charge in [0, 0.05) is 6.04 Å². The van der Waals surface area contributed by atoms with Crippen LogP contribution in [0.5, 0.6) is 0 Å². The van der Waals surface area contributed by atoms with Gasteiger partial charge in [0.25, 0.3) is 0 Å². The van der Waals surface area contributed by atoms with Gasteiger partial charge in [-0.05, 0) is 18.1 Å². The highest BCUT2D eigenvalue weighted by molar-refractivity contribution is 6.33. The lowest BCUT2D eigenvalue weighted by atomic mass is 10.0. The van der Waals surface area contributed by atoms with Gasteiger partial charge in [-0.25, -0.2) is 0 Å². The van der Waals surface area contributed by atoms with E-state index in [4.69, 9.17) is 23.1 Å². The van der Waals surface area contributed by atoms with Crippen LogP contribution in [-0.2, 0) is 0 Å². The standard InChI is InChI=1S/C9H13ClN2/c1-2-8(11)6-4-3-5-7(10)9(6)12/h3-5,8H,2,11-12H2,1H3. The summed E-state index contributed by atoms with van der Waals surface area (Å²) in [5, 5.41) is 0.580. The number of nitrogen functional groups attached to an aromatic ring is 1. The maximum absolute atomic E-state index is 5.83. The molecule has 3 heteroatoms. The molecule has 1 aromatic rings. The third kappa shape index (κ3) is 1.71. The van der Waals surface area contributed by atoms with Crippen molar-refractivity contribution in [3.05, 3.63) is 28.8 Å². The third-order valence-electron chi connectivity index (χ3n) is 1.93. The first-order valence-corrected chi connectivity index (χ1v) is 4.34. The number of halogens is 1. The molecule has 1 rings (SSSR count). The summed E-state index contributed by atoms with van der Waals surface area (Å²) in [6.45, 7) is 2.02. The van der Waals surface area contributed by atoms with Gasteiger partial charge in [-0.2, -0.15) is 0 Å². The second kappa shape index (κ2) is 3.78. The smallest absolute Gasteiger partial charge is 0.0638 e. The van der Waals surface area contributed by atoms with Gasteiger partial charge in [0.05, 0.1) is 10.7 Å². The van der Waals surface area contributed by atoms with Crippen LogP contribution in [-0.4, -0.2) is 0 Å². The van der Waals surface area contributed by atoms with Gasteiger partial charge < -0.3 is 11.5 Å². The molecule has 0 aliphatic rings. The third-order valence-corrected chi connectivity index (χ3v) is 2.26. The van der Waals surface area contributed by atoms with Gasteiger partial charge in [-0.1, -0.05) is 30.7 Å². The van der Waals surface area contributed by atoms with Gasteiger partial charge in [-0.3, -0.25) is 0 Å². The molecule has 0 fully saturated rings. The van der Waals surface area contributed by atoms with Crippen LogP contribution in [0, 0.1) is 0 Å². The fourth-order valence-corrected chi connectivity index (χ4v) is 1.28. The zero-order chi connectivity index (χ0) is 9.14. The summed E-state index contributed by atoms with van der Waals surface area (Å²) in [4.78, 5) is 0. The molecule has 0 saturated carbocycles. The molecule has 0 aliphatic heterocycles. The van der Waals surface area contributed by atoms with Crippen molar-refractivity contribution >= 4 is 17.3 Å². The Balaban J connectivity index is 3.07. The zero-order valence-electron chi connectivity index (χ0n) is 7.05. The largest absolute Gasteiger partial charge is 0.397 e. The van der Waals surface area contributed by atoms with E-state index in [9.17, 15) is 0 Å². The van der Waals surface area contributed by atoms with Crippen molar-refractivity contribution in [2.45, 2.75) is 19.4 Å². The van der Waals surface area contributed by atoms with E-state index in [1.54, 1.807) is 6.07 Å². The van der Waals surface area contributed by atoms with Crippen LogP contribution in [0.25, 0.3) is 0 Å².